The number of hydrogen-bond acceptors (Lipinski definition) is 4. The molecular weight excluding hydrogens is 314 g/mol. The summed E-state index contributed by atoms with van der Waals surface area (Å²) in [7, 11) is 0. The van der Waals surface area contributed by atoms with Gasteiger partial charge in [-0.25, -0.2) is 5.01 Å². The van der Waals surface area contributed by atoms with Crippen LogP contribution in [0.2, 0.25) is 0 Å². The average molecular weight is 343 g/mol. The van der Waals surface area contributed by atoms with E-state index in [1.165, 1.54) is 57.8 Å². The number of nitro groups is 1. The molecule has 1 aromatic carbocycles. The van der Waals surface area contributed by atoms with Crippen molar-refractivity contribution in [2.45, 2.75) is 76.4 Å². The molecule has 1 aromatic rings. The number of nitrogens with zero attached hydrogens (tertiary/aromatic N) is 2. The summed E-state index contributed by atoms with van der Waals surface area (Å²) in [4.78, 5) is 10.5. The Labute approximate surface area is 149 Å². The predicted octanol–water partition coefficient (Wildman–Crippen LogP) is 4.42. The number of non-ortho nitro benzene ring substituents is 1. The SMILES string of the molecule is O=[N+]([O-])c1ccc(CNN2[C@@H]3CCCC[C@@H]3C[C@H]3CCCC[C@@H]32)cc1. The Hall–Kier alpha value is -1.46. The Morgan fingerprint density at radius 1 is 0.960 bits per heavy atom. The second kappa shape index (κ2) is 7.42. The van der Waals surface area contributed by atoms with Crippen LogP contribution in [0.15, 0.2) is 24.3 Å². The van der Waals surface area contributed by atoms with E-state index in [-0.39, 0.29) is 10.6 Å². The number of hydrogen-bond donors (Lipinski definition) is 1. The molecule has 1 saturated heterocycles. The first-order valence-electron chi connectivity index (χ1n) is 9.97. The Kier molecular flexibility index (Phi) is 5.04. The van der Waals surface area contributed by atoms with Gasteiger partial charge in [0.1, 0.15) is 0 Å². The summed E-state index contributed by atoms with van der Waals surface area (Å²) < 4.78 is 0. The van der Waals surface area contributed by atoms with E-state index >= 15 is 0 Å². The maximum absolute atomic E-state index is 10.8. The van der Waals surface area contributed by atoms with Crippen LogP contribution < -0.4 is 5.43 Å². The lowest BCUT2D eigenvalue weighted by Crippen LogP contribution is -2.61. The fraction of sp³-hybridized carbons (Fsp3) is 0.700. The number of fused-ring (bicyclic) bond motifs is 2. The fourth-order valence-electron chi connectivity index (χ4n) is 5.45. The standard InChI is InChI=1S/C20H29N3O2/c24-23(25)18-11-9-15(10-12-18)14-21-22-19-7-3-1-5-16(19)13-17-6-2-4-8-20(17)22/h9-12,16-17,19-21H,1-8,13-14H2/t16-,17-,19-,20+/m1/s1. The lowest BCUT2D eigenvalue weighted by molar-refractivity contribution is -0.384. The minimum atomic E-state index is -0.332. The second-order valence-electron chi connectivity index (χ2n) is 8.13. The maximum atomic E-state index is 10.8. The largest absolute Gasteiger partial charge is 0.269 e. The molecule has 0 radical (unpaired) electrons. The van der Waals surface area contributed by atoms with E-state index in [0.717, 1.165) is 23.9 Å². The monoisotopic (exact) mass is 343 g/mol. The number of benzene rings is 1. The molecule has 3 aliphatic rings. The number of piperidine rings is 1. The van der Waals surface area contributed by atoms with Gasteiger partial charge in [0.15, 0.2) is 0 Å². The van der Waals surface area contributed by atoms with Crippen molar-refractivity contribution < 1.29 is 4.92 Å². The zero-order valence-electron chi connectivity index (χ0n) is 14.9. The molecule has 4 rings (SSSR count). The van der Waals surface area contributed by atoms with Crippen molar-refractivity contribution in [3.8, 4) is 0 Å². The van der Waals surface area contributed by atoms with Crippen LogP contribution in [0.5, 0.6) is 0 Å². The molecule has 1 N–H and O–H groups in total. The number of nitrogens with one attached hydrogen (secondary N) is 1. The van der Waals surface area contributed by atoms with Crippen LogP contribution in [0.4, 0.5) is 5.69 Å². The van der Waals surface area contributed by atoms with Crippen molar-refractivity contribution >= 4 is 5.69 Å². The van der Waals surface area contributed by atoms with Gasteiger partial charge >= 0.3 is 0 Å². The summed E-state index contributed by atoms with van der Waals surface area (Å²) in [6.45, 7) is 0.768. The fourth-order valence-corrected chi connectivity index (χ4v) is 5.45. The van der Waals surface area contributed by atoms with Gasteiger partial charge in [0, 0.05) is 30.8 Å². The van der Waals surface area contributed by atoms with Crippen molar-refractivity contribution in [1.82, 2.24) is 10.4 Å². The van der Waals surface area contributed by atoms with Gasteiger partial charge in [-0.15, -0.1) is 0 Å². The Bertz CT molecular complexity index is 581. The zero-order chi connectivity index (χ0) is 17.2. The minimum Gasteiger partial charge on any atom is -0.258 e. The van der Waals surface area contributed by atoms with Gasteiger partial charge in [0.2, 0.25) is 0 Å². The highest BCUT2D eigenvalue weighted by Crippen LogP contribution is 2.44. The molecule has 2 aliphatic carbocycles. The first kappa shape index (κ1) is 17.0. The summed E-state index contributed by atoms with van der Waals surface area (Å²) in [5.74, 6) is 1.72. The molecule has 136 valence electrons. The molecule has 2 saturated carbocycles. The maximum Gasteiger partial charge on any atom is 0.269 e. The highest BCUT2D eigenvalue weighted by molar-refractivity contribution is 5.32. The highest BCUT2D eigenvalue weighted by Gasteiger charge is 2.44. The van der Waals surface area contributed by atoms with Crippen LogP contribution in [0.1, 0.15) is 63.4 Å². The van der Waals surface area contributed by atoms with Crippen molar-refractivity contribution in [3.63, 3.8) is 0 Å². The van der Waals surface area contributed by atoms with Crippen LogP contribution in [0.3, 0.4) is 0 Å². The van der Waals surface area contributed by atoms with Gasteiger partial charge in [0.05, 0.1) is 4.92 Å². The second-order valence-corrected chi connectivity index (χ2v) is 8.13. The van der Waals surface area contributed by atoms with Crippen molar-refractivity contribution in [2.24, 2.45) is 11.8 Å². The average Bonchev–Trinajstić information content (AvgIpc) is 2.65. The highest BCUT2D eigenvalue weighted by atomic mass is 16.6. The Balaban J connectivity index is 1.46. The van der Waals surface area contributed by atoms with Gasteiger partial charge in [-0.2, -0.15) is 0 Å². The summed E-state index contributed by atoms with van der Waals surface area (Å²) in [5.41, 5.74) is 5.04. The van der Waals surface area contributed by atoms with E-state index < -0.39 is 0 Å². The van der Waals surface area contributed by atoms with Crippen molar-refractivity contribution in [2.75, 3.05) is 0 Å². The molecule has 3 fully saturated rings. The first-order chi connectivity index (χ1) is 12.2. The van der Waals surface area contributed by atoms with Gasteiger partial charge in [-0.1, -0.05) is 37.8 Å². The Morgan fingerprint density at radius 3 is 2.08 bits per heavy atom. The van der Waals surface area contributed by atoms with Gasteiger partial charge < -0.3 is 0 Å². The van der Waals surface area contributed by atoms with Crippen molar-refractivity contribution in [1.29, 1.82) is 0 Å². The van der Waals surface area contributed by atoms with Crippen LogP contribution in [-0.2, 0) is 6.54 Å². The molecule has 0 unspecified atom stereocenters. The van der Waals surface area contributed by atoms with E-state index in [9.17, 15) is 10.1 Å². The predicted molar refractivity (Wildman–Crippen MR) is 97.9 cm³/mol. The van der Waals surface area contributed by atoms with Crippen LogP contribution in [0, 0.1) is 22.0 Å². The van der Waals surface area contributed by atoms with E-state index in [2.05, 4.69) is 10.4 Å². The lowest BCUT2D eigenvalue weighted by Gasteiger charge is -2.53. The molecule has 0 amide bonds. The molecule has 0 spiro atoms. The summed E-state index contributed by atoms with van der Waals surface area (Å²) in [6.07, 6.45) is 12.4. The van der Waals surface area contributed by atoms with E-state index in [1.807, 2.05) is 12.1 Å². The van der Waals surface area contributed by atoms with Gasteiger partial charge in [0.25, 0.3) is 5.69 Å². The molecule has 0 aromatic heterocycles. The molecule has 1 aliphatic heterocycles. The number of rotatable bonds is 4. The zero-order valence-corrected chi connectivity index (χ0v) is 14.9. The van der Waals surface area contributed by atoms with E-state index in [0.29, 0.717) is 12.1 Å². The lowest BCUT2D eigenvalue weighted by atomic mass is 9.69. The van der Waals surface area contributed by atoms with Crippen molar-refractivity contribution in [3.05, 3.63) is 39.9 Å². The third-order valence-corrected chi connectivity index (χ3v) is 6.67. The Morgan fingerprint density at radius 2 is 1.52 bits per heavy atom. The van der Waals surface area contributed by atoms with Gasteiger partial charge in [-0.05, 0) is 49.5 Å². The summed E-state index contributed by atoms with van der Waals surface area (Å²) >= 11 is 0. The minimum absolute atomic E-state index is 0.168. The smallest absolute Gasteiger partial charge is 0.258 e. The first-order valence-corrected chi connectivity index (χ1v) is 9.97. The summed E-state index contributed by atoms with van der Waals surface area (Å²) in [6, 6.07) is 8.36. The number of nitro benzene ring substituents is 1. The molecule has 1 heterocycles. The van der Waals surface area contributed by atoms with Crippen LogP contribution >= 0.6 is 0 Å². The molecule has 5 heteroatoms. The normalized spacial score (nSPS) is 32.6. The van der Waals surface area contributed by atoms with Crippen LogP contribution in [0.25, 0.3) is 0 Å². The number of hydrazine groups is 1. The third-order valence-electron chi connectivity index (χ3n) is 6.67. The molecule has 25 heavy (non-hydrogen) atoms. The topological polar surface area (TPSA) is 58.4 Å². The van der Waals surface area contributed by atoms with E-state index in [1.54, 1.807) is 12.1 Å². The van der Waals surface area contributed by atoms with Crippen LogP contribution in [-0.4, -0.2) is 22.0 Å². The van der Waals surface area contributed by atoms with E-state index in [4.69, 9.17) is 0 Å². The molecular formula is C20H29N3O2. The molecule has 5 nitrogen and oxygen atoms in total. The molecule has 0 bridgehead atoms. The van der Waals surface area contributed by atoms with Gasteiger partial charge in [-0.3, -0.25) is 15.5 Å². The quantitative estimate of drug-likeness (QED) is 0.649. The summed E-state index contributed by atoms with van der Waals surface area (Å²) in [5, 5.41) is 13.4. The molecule has 4 atom stereocenters. The third kappa shape index (κ3) is 3.58.